The number of nitrogens with two attached hydrogens (primary N) is 1. The van der Waals surface area contributed by atoms with Gasteiger partial charge in [0.15, 0.2) is 0 Å². The second-order valence-electron chi connectivity index (χ2n) is 6.17. The lowest BCUT2D eigenvalue weighted by molar-refractivity contribution is -0.143. The molecule has 0 bridgehead atoms. The Morgan fingerprint density at radius 2 is 1.69 bits per heavy atom. The van der Waals surface area contributed by atoms with Crippen molar-refractivity contribution in [3.05, 3.63) is 58.2 Å². The third-order valence-electron chi connectivity index (χ3n) is 4.23. The van der Waals surface area contributed by atoms with Crippen LogP contribution in [0.2, 0.25) is 0 Å². The normalized spacial score (nSPS) is 11.7. The highest BCUT2D eigenvalue weighted by Gasteiger charge is 2.25. The van der Waals surface area contributed by atoms with Crippen LogP contribution in [0.5, 0.6) is 0 Å². The molecular formula is C20H24ClF2NO2. The van der Waals surface area contributed by atoms with Crippen LogP contribution < -0.4 is 5.73 Å². The number of carbonyl (C=O) groups excluding carboxylic acids is 1. The molecule has 0 aromatic heterocycles. The summed E-state index contributed by atoms with van der Waals surface area (Å²) in [6.07, 6.45) is -0.280. The Morgan fingerprint density at radius 1 is 1.12 bits per heavy atom. The van der Waals surface area contributed by atoms with Crippen molar-refractivity contribution >= 4 is 18.4 Å². The van der Waals surface area contributed by atoms with E-state index in [0.29, 0.717) is 11.1 Å². The van der Waals surface area contributed by atoms with E-state index in [-0.39, 0.29) is 36.6 Å². The number of ether oxygens (including phenoxy) is 1. The lowest BCUT2D eigenvalue weighted by atomic mass is 9.90. The van der Waals surface area contributed by atoms with Gasteiger partial charge in [0.2, 0.25) is 0 Å². The number of esters is 1. The second-order valence-corrected chi connectivity index (χ2v) is 6.17. The van der Waals surface area contributed by atoms with E-state index in [2.05, 4.69) is 0 Å². The van der Waals surface area contributed by atoms with Gasteiger partial charge in [0, 0.05) is 17.2 Å². The molecule has 0 aliphatic rings. The van der Waals surface area contributed by atoms with Crippen LogP contribution in [0.25, 0.3) is 11.1 Å². The van der Waals surface area contributed by atoms with Crippen LogP contribution in [0, 0.1) is 32.4 Å². The molecule has 6 heteroatoms. The van der Waals surface area contributed by atoms with Gasteiger partial charge in [-0.05, 0) is 56.0 Å². The number of aryl methyl sites for hydroxylation is 3. The molecule has 0 spiro atoms. The molecule has 2 aromatic rings. The first kappa shape index (κ1) is 22.1. The van der Waals surface area contributed by atoms with E-state index in [9.17, 15) is 9.18 Å². The van der Waals surface area contributed by atoms with E-state index in [4.69, 9.17) is 10.5 Å². The smallest absolute Gasteiger partial charge is 0.307 e. The maximum absolute atomic E-state index is 15.2. The molecule has 0 amide bonds. The van der Waals surface area contributed by atoms with Crippen molar-refractivity contribution in [2.24, 2.45) is 5.73 Å². The molecule has 0 heterocycles. The van der Waals surface area contributed by atoms with Crippen LogP contribution >= 0.6 is 12.4 Å². The first-order chi connectivity index (χ1) is 11.8. The van der Waals surface area contributed by atoms with Crippen LogP contribution in [0.1, 0.15) is 41.6 Å². The monoisotopic (exact) mass is 383 g/mol. The van der Waals surface area contributed by atoms with E-state index >= 15 is 4.39 Å². The predicted octanol–water partition coefficient (Wildman–Crippen LogP) is 4.93. The largest absolute Gasteiger partial charge is 0.466 e. The first-order valence-electron chi connectivity index (χ1n) is 8.24. The minimum absolute atomic E-state index is 0. The van der Waals surface area contributed by atoms with E-state index in [1.54, 1.807) is 13.8 Å². The molecule has 0 aliphatic carbocycles. The van der Waals surface area contributed by atoms with Crippen LogP contribution in [0.4, 0.5) is 8.78 Å². The average molecular weight is 384 g/mol. The van der Waals surface area contributed by atoms with Crippen molar-refractivity contribution in [3.63, 3.8) is 0 Å². The zero-order chi connectivity index (χ0) is 18.7. The van der Waals surface area contributed by atoms with Gasteiger partial charge in [0.25, 0.3) is 0 Å². The number of hydrogen-bond acceptors (Lipinski definition) is 3. The summed E-state index contributed by atoms with van der Waals surface area (Å²) >= 11 is 0. The van der Waals surface area contributed by atoms with E-state index in [1.165, 1.54) is 6.07 Å². The molecule has 0 saturated carbocycles. The Balaban J connectivity index is 0.00000338. The fraction of sp³-hybridized carbons (Fsp3) is 0.350. The van der Waals surface area contributed by atoms with Crippen LogP contribution in [0.3, 0.4) is 0 Å². The third kappa shape index (κ3) is 4.40. The number of rotatable bonds is 5. The predicted molar refractivity (Wildman–Crippen MR) is 101 cm³/mol. The summed E-state index contributed by atoms with van der Waals surface area (Å²) in [5.41, 5.74) is 8.73. The number of hydrogen-bond donors (Lipinski definition) is 1. The second kappa shape index (κ2) is 9.10. The maximum Gasteiger partial charge on any atom is 0.307 e. The molecule has 2 rings (SSSR count). The van der Waals surface area contributed by atoms with Crippen molar-refractivity contribution < 1.29 is 18.3 Å². The maximum atomic E-state index is 15.2. The molecule has 2 aromatic carbocycles. The minimum Gasteiger partial charge on any atom is -0.466 e. The summed E-state index contributed by atoms with van der Waals surface area (Å²) in [5.74, 6) is -2.02. The lowest BCUT2D eigenvalue weighted by Gasteiger charge is -2.19. The Kier molecular flexibility index (Phi) is 7.72. The Bertz CT molecular complexity index is 789. The summed E-state index contributed by atoms with van der Waals surface area (Å²) < 4.78 is 34.6. The Labute approximate surface area is 159 Å². The summed E-state index contributed by atoms with van der Waals surface area (Å²) in [6.45, 7) is 7.16. The van der Waals surface area contributed by atoms with Gasteiger partial charge in [-0.2, -0.15) is 0 Å². The highest BCUT2D eigenvalue weighted by atomic mass is 35.5. The zero-order valence-electron chi connectivity index (χ0n) is 15.4. The van der Waals surface area contributed by atoms with E-state index in [1.807, 2.05) is 32.0 Å². The summed E-state index contributed by atoms with van der Waals surface area (Å²) in [5, 5.41) is 0. The molecule has 0 aliphatic heterocycles. The molecule has 3 nitrogen and oxygen atoms in total. The summed E-state index contributed by atoms with van der Waals surface area (Å²) in [4.78, 5) is 11.7. The van der Waals surface area contributed by atoms with E-state index < -0.39 is 23.6 Å². The standard InChI is InChI=1S/C20H23F2NO2.ClH/c1-5-25-16(24)10-15(23)18-19(21)13(4)9-14(20(18)22)17-11(2)7-6-8-12(17)3;/h6-9,15H,5,10,23H2,1-4H3;1H/t15-;/m0./s1. The van der Waals surface area contributed by atoms with Gasteiger partial charge in [-0.25, -0.2) is 8.78 Å². The SMILES string of the molecule is CCOC(=O)C[C@H](N)c1c(F)c(C)cc(-c2c(C)cccc2C)c1F.Cl. The lowest BCUT2D eigenvalue weighted by Crippen LogP contribution is -2.20. The number of halogens is 3. The highest BCUT2D eigenvalue weighted by molar-refractivity contribution is 5.85. The van der Waals surface area contributed by atoms with Crippen molar-refractivity contribution in [1.82, 2.24) is 0 Å². The molecule has 142 valence electrons. The first-order valence-corrected chi connectivity index (χ1v) is 8.24. The van der Waals surface area contributed by atoms with Gasteiger partial charge in [-0.15, -0.1) is 12.4 Å². The van der Waals surface area contributed by atoms with E-state index in [0.717, 1.165) is 11.1 Å². The van der Waals surface area contributed by atoms with Crippen LogP contribution in [-0.2, 0) is 9.53 Å². The fourth-order valence-corrected chi connectivity index (χ4v) is 3.05. The van der Waals surface area contributed by atoms with Gasteiger partial charge in [0.1, 0.15) is 11.6 Å². The molecule has 0 radical (unpaired) electrons. The van der Waals surface area contributed by atoms with Crippen molar-refractivity contribution in [2.45, 2.75) is 40.2 Å². The minimum atomic E-state index is -1.11. The van der Waals surface area contributed by atoms with Gasteiger partial charge >= 0.3 is 5.97 Å². The zero-order valence-corrected chi connectivity index (χ0v) is 16.2. The molecule has 1 atom stereocenters. The highest BCUT2D eigenvalue weighted by Crippen LogP contribution is 2.35. The molecule has 0 fully saturated rings. The van der Waals surface area contributed by atoms with Gasteiger partial charge in [0.05, 0.1) is 13.0 Å². The number of benzene rings is 2. The van der Waals surface area contributed by atoms with Crippen molar-refractivity contribution in [3.8, 4) is 11.1 Å². The third-order valence-corrected chi connectivity index (χ3v) is 4.23. The molecule has 26 heavy (non-hydrogen) atoms. The van der Waals surface area contributed by atoms with Gasteiger partial charge in [-0.3, -0.25) is 4.79 Å². The molecular weight excluding hydrogens is 360 g/mol. The summed E-state index contributed by atoms with van der Waals surface area (Å²) in [7, 11) is 0. The fourth-order valence-electron chi connectivity index (χ4n) is 3.05. The average Bonchev–Trinajstić information content (AvgIpc) is 2.52. The van der Waals surface area contributed by atoms with Gasteiger partial charge < -0.3 is 10.5 Å². The quantitative estimate of drug-likeness (QED) is 0.744. The Hall–Kier alpha value is -1.98. The van der Waals surface area contributed by atoms with Gasteiger partial charge in [-0.1, -0.05) is 18.2 Å². The molecule has 2 N–H and O–H groups in total. The Morgan fingerprint density at radius 3 is 2.23 bits per heavy atom. The topological polar surface area (TPSA) is 52.3 Å². The van der Waals surface area contributed by atoms with Crippen molar-refractivity contribution in [1.29, 1.82) is 0 Å². The van der Waals surface area contributed by atoms with Crippen molar-refractivity contribution in [2.75, 3.05) is 6.61 Å². The van der Waals surface area contributed by atoms with Crippen LogP contribution in [-0.4, -0.2) is 12.6 Å². The molecule has 0 saturated heterocycles. The summed E-state index contributed by atoms with van der Waals surface area (Å²) in [6, 6.07) is 6.01. The number of carbonyl (C=O) groups is 1. The molecule has 0 unspecified atom stereocenters. The van der Waals surface area contributed by atoms with Crippen LogP contribution in [0.15, 0.2) is 24.3 Å².